The molecule has 0 saturated carbocycles. The molecule has 1 rings (SSSR count). The number of carbonyl (C=O) groups is 2. The fourth-order valence-corrected chi connectivity index (χ4v) is 2.21. The van der Waals surface area contributed by atoms with Crippen LogP contribution in [-0.2, 0) is 14.3 Å². The predicted molar refractivity (Wildman–Crippen MR) is 69.4 cm³/mol. The topological polar surface area (TPSA) is 67.4 Å². The van der Waals surface area contributed by atoms with Gasteiger partial charge < -0.3 is 10.1 Å². The van der Waals surface area contributed by atoms with Crippen LogP contribution in [0, 0.1) is 5.92 Å². The van der Waals surface area contributed by atoms with E-state index in [-0.39, 0.29) is 12.3 Å². The second kappa shape index (κ2) is 6.47. The van der Waals surface area contributed by atoms with Gasteiger partial charge in [0.05, 0.1) is 18.7 Å². The molecular weight excluding hydrogens is 270 g/mol. The molecule has 1 fully saturated rings. The highest BCUT2D eigenvalue weighted by atomic mass is 19.3. The summed E-state index contributed by atoms with van der Waals surface area (Å²) in [6, 6.07) is -1.43. The molecule has 20 heavy (non-hydrogen) atoms. The summed E-state index contributed by atoms with van der Waals surface area (Å²) in [5, 5.41) is 5.11. The van der Waals surface area contributed by atoms with Crippen molar-refractivity contribution < 1.29 is 23.1 Å². The lowest BCUT2D eigenvalue weighted by atomic mass is 9.83. The van der Waals surface area contributed by atoms with Gasteiger partial charge in [0, 0.05) is 0 Å². The molecule has 1 heterocycles. The van der Waals surface area contributed by atoms with Gasteiger partial charge in [-0.25, -0.2) is 13.6 Å². The molecule has 0 radical (unpaired) electrons. The molecule has 1 aliphatic rings. The summed E-state index contributed by atoms with van der Waals surface area (Å²) in [6.45, 7) is 5.20. The van der Waals surface area contributed by atoms with E-state index < -0.39 is 35.9 Å². The van der Waals surface area contributed by atoms with Crippen molar-refractivity contribution in [3.8, 4) is 0 Å². The Kier molecular flexibility index (Phi) is 5.44. The van der Waals surface area contributed by atoms with Gasteiger partial charge >= 0.3 is 5.97 Å². The molecule has 0 aliphatic carbocycles. The van der Waals surface area contributed by atoms with Gasteiger partial charge in [-0.2, -0.15) is 0 Å². The highest BCUT2D eigenvalue weighted by Gasteiger charge is 2.49. The normalized spacial score (nSPS) is 27.1. The fourth-order valence-electron chi connectivity index (χ4n) is 2.21. The number of ether oxygens (including phenoxy) is 1. The lowest BCUT2D eigenvalue weighted by Gasteiger charge is -2.45. The van der Waals surface area contributed by atoms with Crippen LogP contribution in [0.3, 0.4) is 0 Å². The Morgan fingerprint density at radius 1 is 1.45 bits per heavy atom. The van der Waals surface area contributed by atoms with Crippen LogP contribution < -0.4 is 10.6 Å². The highest BCUT2D eigenvalue weighted by Crippen LogP contribution is 2.30. The molecule has 0 aromatic rings. The van der Waals surface area contributed by atoms with E-state index in [4.69, 9.17) is 0 Å². The van der Waals surface area contributed by atoms with Gasteiger partial charge in [-0.1, -0.05) is 13.8 Å². The minimum Gasteiger partial charge on any atom is -0.467 e. The number of esters is 1. The van der Waals surface area contributed by atoms with Crippen molar-refractivity contribution in [3.63, 3.8) is 0 Å². The van der Waals surface area contributed by atoms with Gasteiger partial charge in [0.1, 0.15) is 6.04 Å². The van der Waals surface area contributed by atoms with Crippen molar-refractivity contribution in [2.45, 2.75) is 57.7 Å². The van der Waals surface area contributed by atoms with E-state index in [1.54, 1.807) is 0 Å². The monoisotopic (exact) mass is 292 g/mol. The third-order valence-corrected chi connectivity index (χ3v) is 3.44. The number of alkyl halides is 2. The maximum atomic E-state index is 12.6. The van der Waals surface area contributed by atoms with Gasteiger partial charge in [-0.05, 0) is 25.7 Å². The molecule has 0 spiro atoms. The van der Waals surface area contributed by atoms with Crippen LogP contribution in [0.15, 0.2) is 0 Å². The molecule has 116 valence electrons. The van der Waals surface area contributed by atoms with E-state index in [1.165, 1.54) is 14.0 Å². The Hall–Kier alpha value is -1.24. The average molecular weight is 292 g/mol. The largest absolute Gasteiger partial charge is 0.467 e. The smallest absolute Gasteiger partial charge is 0.328 e. The van der Waals surface area contributed by atoms with Crippen molar-refractivity contribution >= 4 is 11.9 Å². The van der Waals surface area contributed by atoms with Crippen molar-refractivity contribution in [2.24, 2.45) is 5.92 Å². The lowest BCUT2D eigenvalue weighted by Crippen LogP contribution is -2.70. The summed E-state index contributed by atoms with van der Waals surface area (Å²) in [5.41, 5.74) is -1.32. The van der Waals surface area contributed by atoms with Crippen molar-refractivity contribution in [2.75, 3.05) is 7.11 Å². The van der Waals surface area contributed by atoms with Gasteiger partial charge in [-0.15, -0.1) is 0 Å². The van der Waals surface area contributed by atoms with E-state index in [0.29, 0.717) is 6.42 Å². The number of carbonyl (C=O) groups excluding carboxylic acids is 2. The number of methoxy groups -OCH3 is 1. The summed E-state index contributed by atoms with van der Waals surface area (Å²) in [7, 11) is 1.25. The Bertz CT molecular complexity index is 369. The molecule has 0 aromatic carbocycles. The van der Waals surface area contributed by atoms with Crippen LogP contribution >= 0.6 is 0 Å². The number of hydrogen-bond acceptors (Lipinski definition) is 4. The zero-order valence-electron chi connectivity index (χ0n) is 12.2. The Morgan fingerprint density at radius 3 is 2.40 bits per heavy atom. The summed E-state index contributed by atoms with van der Waals surface area (Å²) in [4.78, 5) is 23.5. The van der Waals surface area contributed by atoms with Crippen molar-refractivity contribution in [1.29, 1.82) is 0 Å². The second-order valence-electron chi connectivity index (χ2n) is 5.83. The molecule has 3 atom stereocenters. The highest BCUT2D eigenvalue weighted by molar-refractivity contribution is 5.88. The quantitative estimate of drug-likeness (QED) is 0.719. The standard InChI is InChI=1S/C13H22F2N2O3/c1-7(2)5-8(11(19)20-4)16-10(18)9-6-13(3,17-9)12(14)15/h7-9,12,17H,5-6H2,1-4H3,(H,16,18)/t8-,9+,13?/m0/s1. The zero-order chi connectivity index (χ0) is 15.5. The van der Waals surface area contributed by atoms with Crippen LogP contribution in [0.4, 0.5) is 8.78 Å². The molecule has 7 heteroatoms. The Morgan fingerprint density at radius 2 is 2.00 bits per heavy atom. The number of halogens is 2. The Balaban J connectivity index is 2.54. The number of rotatable bonds is 6. The zero-order valence-corrected chi connectivity index (χ0v) is 12.2. The van der Waals surface area contributed by atoms with Crippen LogP contribution in [0.5, 0.6) is 0 Å². The molecule has 1 amide bonds. The molecule has 1 aliphatic heterocycles. The minimum absolute atomic E-state index is 0.0477. The van der Waals surface area contributed by atoms with Crippen molar-refractivity contribution in [1.82, 2.24) is 10.6 Å². The fraction of sp³-hybridized carbons (Fsp3) is 0.846. The van der Waals surface area contributed by atoms with E-state index in [2.05, 4.69) is 15.4 Å². The van der Waals surface area contributed by atoms with Gasteiger partial charge in [0.15, 0.2) is 0 Å². The van der Waals surface area contributed by atoms with Gasteiger partial charge in [0.25, 0.3) is 6.43 Å². The molecule has 2 N–H and O–H groups in total. The third kappa shape index (κ3) is 3.88. The first-order chi connectivity index (χ1) is 9.19. The summed E-state index contributed by atoms with van der Waals surface area (Å²) >= 11 is 0. The number of nitrogens with one attached hydrogen (secondary N) is 2. The maximum absolute atomic E-state index is 12.6. The van der Waals surface area contributed by atoms with E-state index in [0.717, 1.165) is 0 Å². The molecular formula is C13H22F2N2O3. The predicted octanol–water partition coefficient (Wildman–Crippen LogP) is 1.08. The van der Waals surface area contributed by atoms with Gasteiger partial charge in [0.2, 0.25) is 5.91 Å². The Labute approximate surface area is 117 Å². The average Bonchev–Trinajstić information content (AvgIpc) is 2.31. The van der Waals surface area contributed by atoms with Crippen LogP contribution in [-0.4, -0.2) is 43.0 Å². The number of amides is 1. The minimum atomic E-state index is -2.53. The second-order valence-corrected chi connectivity index (χ2v) is 5.83. The molecule has 5 nitrogen and oxygen atoms in total. The van der Waals surface area contributed by atoms with Crippen LogP contribution in [0.1, 0.15) is 33.6 Å². The lowest BCUT2D eigenvalue weighted by molar-refractivity contribution is -0.147. The summed E-state index contributed by atoms with van der Waals surface area (Å²) in [5.74, 6) is -0.776. The van der Waals surface area contributed by atoms with Crippen LogP contribution in [0.2, 0.25) is 0 Å². The summed E-state index contributed by atoms with van der Waals surface area (Å²) in [6.07, 6.45) is -2.04. The third-order valence-electron chi connectivity index (χ3n) is 3.44. The van der Waals surface area contributed by atoms with Crippen molar-refractivity contribution in [3.05, 3.63) is 0 Å². The number of hydrogen-bond donors (Lipinski definition) is 2. The first-order valence-corrected chi connectivity index (χ1v) is 6.63. The summed E-state index contributed by atoms with van der Waals surface area (Å²) < 4.78 is 29.9. The maximum Gasteiger partial charge on any atom is 0.328 e. The van der Waals surface area contributed by atoms with E-state index in [9.17, 15) is 18.4 Å². The van der Waals surface area contributed by atoms with Crippen LogP contribution in [0.25, 0.3) is 0 Å². The molecule has 0 bridgehead atoms. The SMILES string of the molecule is COC(=O)[C@H](CC(C)C)NC(=O)[C@H]1CC(C)(C(F)F)N1. The molecule has 1 unspecified atom stereocenters. The van der Waals surface area contributed by atoms with E-state index >= 15 is 0 Å². The van der Waals surface area contributed by atoms with E-state index in [1.807, 2.05) is 13.8 Å². The first-order valence-electron chi connectivity index (χ1n) is 6.63. The van der Waals surface area contributed by atoms with Gasteiger partial charge in [-0.3, -0.25) is 10.1 Å². The first kappa shape index (κ1) is 16.8. The molecule has 1 saturated heterocycles. The molecule has 0 aromatic heterocycles.